The van der Waals surface area contributed by atoms with Gasteiger partial charge in [0.05, 0.1) is 13.1 Å². The van der Waals surface area contributed by atoms with E-state index < -0.39 is 0 Å². The van der Waals surface area contributed by atoms with Crippen molar-refractivity contribution in [1.29, 1.82) is 0 Å². The van der Waals surface area contributed by atoms with Crippen LogP contribution in [0, 0.1) is 0 Å². The Bertz CT molecular complexity index is 832. The van der Waals surface area contributed by atoms with Crippen LogP contribution >= 0.6 is 0 Å². The van der Waals surface area contributed by atoms with Crippen LogP contribution in [0.1, 0.15) is 11.5 Å². The second kappa shape index (κ2) is 7.65. The fourth-order valence-electron chi connectivity index (χ4n) is 2.71. The van der Waals surface area contributed by atoms with Gasteiger partial charge >= 0.3 is 0 Å². The molecule has 7 nitrogen and oxygen atoms in total. The molecule has 0 fully saturated rings. The van der Waals surface area contributed by atoms with E-state index in [1.807, 2.05) is 61.3 Å². The Morgan fingerprint density at radius 2 is 2.00 bits per heavy atom. The predicted octanol–water partition coefficient (Wildman–Crippen LogP) is 1.81. The van der Waals surface area contributed by atoms with Crippen LogP contribution in [0.3, 0.4) is 0 Å². The Morgan fingerprint density at radius 1 is 1.20 bits per heavy atom. The zero-order chi connectivity index (χ0) is 17.6. The molecule has 0 atom stereocenters. The van der Waals surface area contributed by atoms with Gasteiger partial charge in [-0.05, 0) is 24.3 Å². The lowest BCUT2D eigenvalue weighted by Crippen LogP contribution is -2.38. The highest BCUT2D eigenvalue weighted by atomic mass is 15.3. The first-order valence-electron chi connectivity index (χ1n) is 8.15. The van der Waals surface area contributed by atoms with Gasteiger partial charge in [-0.15, -0.1) is 10.2 Å². The molecule has 0 aliphatic carbocycles. The van der Waals surface area contributed by atoms with Crippen LogP contribution in [0.15, 0.2) is 60.0 Å². The first-order valence-corrected chi connectivity index (χ1v) is 8.15. The van der Waals surface area contributed by atoms with Gasteiger partial charge < -0.3 is 14.8 Å². The molecule has 0 aliphatic heterocycles. The number of aromatic nitrogens is 4. The van der Waals surface area contributed by atoms with Crippen LogP contribution in [-0.2, 0) is 20.1 Å². The topological polar surface area (TPSA) is 63.3 Å². The van der Waals surface area contributed by atoms with Crippen LogP contribution in [0.5, 0.6) is 0 Å². The Hall–Kier alpha value is -3.09. The van der Waals surface area contributed by atoms with Gasteiger partial charge in [0.2, 0.25) is 0 Å². The fraction of sp³-hybridized carbons (Fsp3) is 0.278. The number of hydrogen-bond acceptors (Lipinski definition) is 3. The molecule has 7 heteroatoms. The monoisotopic (exact) mass is 337 g/mol. The molecule has 3 aromatic rings. The zero-order valence-corrected chi connectivity index (χ0v) is 14.8. The average molecular weight is 337 g/mol. The van der Waals surface area contributed by atoms with Crippen molar-refractivity contribution >= 4 is 5.96 Å². The summed E-state index contributed by atoms with van der Waals surface area (Å²) in [6.07, 6.45) is 3.77. The fourth-order valence-corrected chi connectivity index (χ4v) is 2.71. The molecule has 130 valence electrons. The summed E-state index contributed by atoms with van der Waals surface area (Å²) in [7, 11) is 5.84. The third kappa shape index (κ3) is 3.88. The number of aryl methyl sites for hydroxylation is 1. The van der Waals surface area contributed by atoms with Gasteiger partial charge in [0.15, 0.2) is 11.8 Å². The maximum Gasteiger partial charge on any atom is 0.194 e. The summed E-state index contributed by atoms with van der Waals surface area (Å²) in [5.74, 6) is 1.64. The van der Waals surface area contributed by atoms with Crippen molar-refractivity contribution in [2.75, 3.05) is 14.1 Å². The first kappa shape index (κ1) is 16.8. The van der Waals surface area contributed by atoms with Crippen molar-refractivity contribution in [3.8, 4) is 5.69 Å². The molecule has 0 saturated carbocycles. The minimum atomic E-state index is 0.541. The van der Waals surface area contributed by atoms with Gasteiger partial charge in [-0.3, -0.25) is 9.56 Å². The van der Waals surface area contributed by atoms with Crippen LogP contribution < -0.4 is 5.32 Å². The number of nitrogens with one attached hydrogen (secondary N) is 1. The Labute approximate surface area is 147 Å². The molecule has 1 N–H and O–H groups in total. The van der Waals surface area contributed by atoms with Crippen molar-refractivity contribution in [1.82, 2.24) is 29.5 Å². The van der Waals surface area contributed by atoms with Gasteiger partial charge in [-0.25, -0.2) is 0 Å². The Morgan fingerprint density at radius 3 is 2.68 bits per heavy atom. The van der Waals surface area contributed by atoms with Crippen molar-refractivity contribution in [2.24, 2.45) is 12.0 Å². The maximum atomic E-state index is 4.36. The second-order valence-corrected chi connectivity index (χ2v) is 5.82. The molecule has 0 unspecified atom stereocenters. The van der Waals surface area contributed by atoms with E-state index in [4.69, 9.17) is 0 Å². The maximum absolute atomic E-state index is 4.36. The summed E-state index contributed by atoms with van der Waals surface area (Å²) in [5.41, 5.74) is 2.26. The molecule has 2 aromatic heterocycles. The SMILES string of the molecule is CN=C(NCc1nncn1-c1ccccc1)N(C)Cc1cccn1C. The van der Waals surface area contributed by atoms with E-state index in [0.717, 1.165) is 24.0 Å². The third-order valence-electron chi connectivity index (χ3n) is 4.08. The third-order valence-corrected chi connectivity index (χ3v) is 4.08. The Balaban J connectivity index is 1.66. The van der Waals surface area contributed by atoms with Gasteiger partial charge in [0, 0.05) is 38.7 Å². The van der Waals surface area contributed by atoms with Gasteiger partial charge in [0.1, 0.15) is 6.33 Å². The molecular formula is C18H23N7. The van der Waals surface area contributed by atoms with E-state index in [9.17, 15) is 0 Å². The van der Waals surface area contributed by atoms with Gasteiger partial charge in [-0.1, -0.05) is 18.2 Å². The number of benzene rings is 1. The molecule has 25 heavy (non-hydrogen) atoms. The summed E-state index contributed by atoms with van der Waals surface area (Å²) in [4.78, 5) is 6.45. The summed E-state index contributed by atoms with van der Waals surface area (Å²) in [5, 5.41) is 11.6. The zero-order valence-electron chi connectivity index (χ0n) is 14.8. The highest BCUT2D eigenvalue weighted by Crippen LogP contribution is 2.09. The molecule has 0 radical (unpaired) electrons. The van der Waals surface area contributed by atoms with Crippen LogP contribution in [0.2, 0.25) is 0 Å². The molecule has 2 heterocycles. The highest BCUT2D eigenvalue weighted by Gasteiger charge is 2.11. The van der Waals surface area contributed by atoms with E-state index in [-0.39, 0.29) is 0 Å². The lowest BCUT2D eigenvalue weighted by molar-refractivity contribution is 0.460. The minimum absolute atomic E-state index is 0.541. The van der Waals surface area contributed by atoms with Crippen molar-refractivity contribution < 1.29 is 0 Å². The number of nitrogens with zero attached hydrogens (tertiary/aromatic N) is 6. The number of aliphatic imine (C=N–C) groups is 1. The van der Waals surface area contributed by atoms with E-state index >= 15 is 0 Å². The minimum Gasteiger partial charge on any atom is -0.353 e. The number of hydrogen-bond donors (Lipinski definition) is 1. The highest BCUT2D eigenvalue weighted by molar-refractivity contribution is 5.79. The molecular weight excluding hydrogens is 314 g/mol. The first-order chi connectivity index (χ1) is 12.2. The van der Waals surface area contributed by atoms with Crippen molar-refractivity contribution in [2.45, 2.75) is 13.1 Å². The second-order valence-electron chi connectivity index (χ2n) is 5.82. The molecule has 0 aliphatic rings. The molecule has 0 bridgehead atoms. The molecule has 3 rings (SSSR count). The largest absolute Gasteiger partial charge is 0.353 e. The van der Waals surface area contributed by atoms with E-state index in [2.05, 4.69) is 36.0 Å². The summed E-state index contributed by atoms with van der Waals surface area (Å²) in [6, 6.07) is 14.2. The standard InChI is InChI=1S/C18H23N7/c1-19-18(24(3)13-16-10-7-11-23(16)2)20-12-17-22-21-14-25(17)15-8-5-4-6-9-15/h4-11,14H,12-13H2,1-3H3,(H,19,20). The average Bonchev–Trinajstić information content (AvgIpc) is 3.26. The molecule has 0 amide bonds. The lowest BCUT2D eigenvalue weighted by atomic mass is 10.3. The number of guanidine groups is 1. The quantitative estimate of drug-likeness (QED) is 0.570. The summed E-state index contributed by atoms with van der Waals surface area (Å²) in [6.45, 7) is 1.31. The van der Waals surface area contributed by atoms with E-state index in [1.165, 1.54) is 5.69 Å². The molecule has 0 saturated heterocycles. The molecule has 0 spiro atoms. The summed E-state index contributed by atoms with van der Waals surface area (Å²) >= 11 is 0. The van der Waals surface area contributed by atoms with Crippen molar-refractivity contribution in [3.63, 3.8) is 0 Å². The Kier molecular flexibility index (Phi) is 5.13. The number of rotatable bonds is 5. The van der Waals surface area contributed by atoms with Gasteiger partial charge in [0.25, 0.3) is 0 Å². The van der Waals surface area contributed by atoms with Crippen LogP contribution in [0.25, 0.3) is 5.69 Å². The lowest BCUT2D eigenvalue weighted by Gasteiger charge is -2.22. The van der Waals surface area contributed by atoms with Crippen LogP contribution in [-0.4, -0.2) is 44.3 Å². The summed E-state index contributed by atoms with van der Waals surface area (Å²) < 4.78 is 4.08. The van der Waals surface area contributed by atoms with Gasteiger partial charge in [-0.2, -0.15) is 0 Å². The van der Waals surface area contributed by atoms with Crippen molar-refractivity contribution in [3.05, 3.63) is 66.5 Å². The normalized spacial score (nSPS) is 11.6. The van der Waals surface area contributed by atoms with E-state index in [1.54, 1.807) is 13.4 Å². The van der Waals surface area contributed by atoms with Crippen LogP contribution in [0.4, 0.5) is 0 Å². The predicted molar refractivity (Wildman–Crippen MR) is 98.4 cm³/mol. The molecule has 1 aromatic carbocycles. The number of para-hydroxylation sites is 1. The smallest absolute Gasteiger partial charge is 0.194 e. The van der Waals surface area contributed by atoms with E-state index in [0.29, 0.717) is 6.54 Å².